The molecule has 0 amide bonds. The second-order valence-electron chi connectivity index (χ2n) is 11.3. The van der Waals surface area contributed by atoms with Crippen molar-refractivity contribution in [3.05, 3.63) is 94.9 Å². The van der Waals surface area contributed by atoms with E-state index >= 15 is 0 Å². The van der Waals surface area contributed by atoms with E-state index in [1.165, 1.54) is 45.6 Å². The van der Waals surface area contributed by atoms with Crippen molar-refractivity contribution in [1.82, 2.24) is 4.57 Å². The van der Waals surface area contributed by atoms with Crippen molar-refractivity contribution in [3.63, 3.8) is 0 Å². The van der Waals surface area contributed by atoms with E-state index in [1.54, 1.807) is 11.3 Å². The molecule has 1 aliphatic heterocycles. The Morgan fingerprint density at radius 2 is 1.52 bits per heavy atom. The Labute approximate surface area is 275 Å². The number of benzene rings is 3. The first kappa shape index (κ1) is 29.8. The number of aryl methyl sites for hydroxylation is 1. The highest BCUT2D eigenvalue weighted by molar-refractivity contribution is 7.25. The Balaban J connectivity index is 1.30. The molecule has 3 aromatic carbocycles. The van der Waals surface area contributed by atoms with Crippen molar-refractivity contribution in [2.24, 2.45) is 0 Å². The average Bonchev–Trinajstić information content (AvgIpc) is 3.77. The molecular weight excluding hydrogens is 613 g/mol. The molecule has 7 rings (SSSR count). The third-order valence-electron chi connectivity index (χ3n) is 8.34. The lowest BCUT2D eigenvalue weighted by atomic mass is 10.1. The van der Waals surface area contributed by atoms with Crippen LogP contribution in [0.3, 0.4) is 0 Å². The van der Waals surface area contributed by atoms with Crippen molar-refractivity contribution in [1.29, 1.82) is 5.26 Å². The number of aliphatic carboxylic acids is 1. The molecule has 1 N–H and O–H groups in total. The molecule has 6 aromatic rings. The summed E-state index contributed by atoms with van der Waals surface area (Å²) in [6.45, 7) is 3.13. The summed E-state index contributed by atoms with van der Waals surface area (Å²) in [6.07, 6.45) is 6.82. The second kappa shape index (κ2) is 12.9. The van der Waals surface area contributed by atoms with Crippen LogP contribution in [-0.4, -0.2) is 28.9 Å². The molecule has 0 fully saturated rings. The Morgan fingerprint density at radius 3 is 2.15 bits per heavy atom. The maximum atomic E-state index is 11.6. The number of aromatic nitrogens is 1. The smallest absolute Gasteiger partial charge is 0.346 e. The largest absolute Gasteiger partial charge is 0.485 e. The molecule has 0 unspecified atom stereocenters. The normalized spacial score (nSPS) is 12.9. The predicted octanol–water partition coefficient (Wildman–Crippen LogP) is 10.1. The van der Waals surface area contributed by atoms with Gasteiger partial charge < -0.3 is 19.1 Å². The van der Waals surface area contributed by atoms with Crippen LogP contribution in [0.25, 0.3) is 53.8 Å². The number of carboxylic acids is 1. The first-order valence-corrected chi connectivity index (χ1v) is 17.2. The summed E-state index contributed by atoms with van der Waals surface area (Å²) in [5.74, 6) is 0.268. The molecule has 6 nitrogen and oxygen atoms in total. The number of carboxylic acid groups (broad SMARTS) is 1. The number of nitriles is 1. The minimum absolute atomic E-state index is 0.276. The zero-order valence-electron chi connectivity index (χ0n) is 25.4. The lowest BCUT2D eigenvalue weighted by Crippen LogP contribution is -2.14. The highest BCUT2D eigenvalue weighted by Gasteiger charge is 2.29. The van der Waals surface area contributed by atoms with Crippen molar-refractivity contribution in [2.45, 2.75) is 39.0 Å². The molecule has 1 aliphatic rings. The fourth-order valence-corrected chi connectivity index (χ4v) is 8.69. The number of hydrogen-bond donors (Lipinski definition) is 1. The number of unbranched alkanes of at least 4 members (excludes halogenated alkanes) is 3. The van der Waals surface area contributed by atoms with Gasteiger partial charge in [-0.15, -0.1) is 22.7 Å². The van der Waals surface area contributed by atoms with Gasteiger partial charge in [0, 0.05) is 21.3 Å². The van der Waals surface area contributed by atoms with Gasteiger partial charge in [-0.25, -0.2) is 4.79 Å². The number of carbonyl (C=O) groups is 1. The molecule has 8 heteroatoms. The fraction of sp³-hybridized carbons (Fsp3) is 0.211. The zero-order valence-corrected chi connectivity index (χ0v) is 27.0. The van der Waals surface area contributed by atoms with Crippen LogP contribution in [0.4, 0.5) is 0 Å². The number of hydrogen-bond acceptors (Lipinski definition) is 6. The minimum atomic E-state index is -1.22. The van der Waals surface area contributed by atoms with E-state index in [0.717, 1.165) is 73.5 Å². The van der Waals surface area contributed by atoms with Crippen LogP contribution in [0.5, 0.6) is 11.5 Å². The monoisotopic (exact) mass is 644 g/mol. The van der Waals surface area contributed by atoms with Gasteiger partial charge in [-0.05, 0) is 60.4 Å². The van der Waals surface area contributed by atoms with Crippen molar-refractivity contribution in [2.75, 3.05) is 13.2 Å². The van der Waals surface area contributed by atoms with Gasteiger partial charge in [-0.2, -0.15) is 5.26 Å². The van der Waals surface area contributed by atoms with Gasteiger partial charge >= 0.3 is 5.97 Å². The molecule has 0 radical (unpaired) electrons. The van der Waals surface area contributed by atoms with Gasteiger partial charge in [-0.3, -0.25) is 0 Å². The quantitative estimate of drug-likeness (QED) is 0.0911. The number of rotatable bonds is 10. The summed E-state index contributed by atoms with van der Waals surface area (Å²) in [4.78, 5) is 15.4. The van der Waals surface area contributed by atoms with Gasteiger partial charge in [0.2, 0.25) is 0 Å². The van der Waals surface area contributed by atoms with Crippen LogP contribution in [0.1, 0.15) is 43.0 Å². The van der Waals surface area contributed by atoms with Gasteiger partial charge in [0.05, 0.1) is 25.7 Å². The van der Waals surface area contributed by atoms with Crippen LogP contribution in [-0.2, 0) is 11.2 Å². The third kappa shape index (κ3) is 5.46. The third-order valence-corrected chi connectivity index (χ3v) is 10.8. The maximum absolute atomic E-state index is 11.6. The zero-order chi connectivity index (χ0) is 31.6. The van der Waals surface area contributed by atoms with Crippen molar-refractivity contribution in [3.8, 4) is 43.5 Å². The van der Waals surface area contributed by atoms with E-state index in [4.69, 9.17) is 9.47 Å². The van der Waals surface area contributed by atoms with E-state index < -0.39 is 5.97 Å². The van der Waals surface area contributed by atoms with Crippen molar-refractivity contribution >= 4 is 56.5 Å². The Morgan fingerprint density at radius 1 is 0.870 bits per heavy atom. The first-order valence-electron chi connectivity index (χ1n) is 15.6. The summed E-state index contributed by atoms with van der Waals surface area (Å²) < 4.78 is 14.8. The van der Waals surface area contributed by atoms with Gasteiger partial charge in [0.25, 0.3) is 0 Å². The molecule has 0 saturated carbocycles. The topological polar surface area (TPSA) is 84.5 Å². The molecule has 0 atom stereocenters. The lowest BCUT2D eigenvalue weighted by Gasteiger charge is -2.17. The summed E-state index contributed by atoms with van der Waals surface area (Å²) in [5, 5.41) is 21.3. The molecule has 46 heavy (non-hydrogen) atoms. The van der Waals surface area contributed by atoms with Crippen LogP contribution >= 0.6 is 22.7 Å². The Bertz CT molecular complexity index is 2090. The number of thiophene rings is 2. The number of ether oxygens (including phenoxy) is 2. The Hall–Kier alpha value is -4.84. The van der Waals surface area contributed by atoms with Crippen LogP contribution in [0.15, 0.2) is 84.4 Å². The van der Waals surface area contributed by atoms with Gasteiger partial charge in [0.15, 0.2) is 11.5 Å². The van der Waals surface area contributed by atoms with Gasteiger partial charge in [0.1, 0.15) is 24.9 Å². The average molecular weight is 645 g/mol. The molecule has 4 heterocycles. The van der Waals surface area contributed by atoms with Crippen LogP contribution < -0.4 is 9.47 Å². The number of fused-ring (bicyclic) bond motifs is 4. The minimum Gasteiger partial charge on any atom is -0.485 e. The molecule has 0 spiro atoms. The highest BCUT2D eigenvalue weighted by atomic mass is 32.1. The highest BCUT2D eigenvalue weighted by Crippen LogP contribution is 2.55. The van der Waals surface area contributed by atoms with Crippen LogP contribution in [0.2, 0.25) is 0 Å². The first-order chi connectivity index (χ1) is 22.6. The summed E-state index contributed by atoms with van der Waals surface area (Å²) >= 11 is 3.15. The molecule has 0 bridgehead atoms. The SMILES string of the molecule is CCCCCCc1cc(/C=C(\C#N)C(=O)O)sc1-c1sc(-c2ccc(-n3c4ccccc4c4ccccc43)cc2)c2c1OCCO2. The van der Waals surface area contributed by atoms with Gasteiger partial charge in [-0.1, -0.05) is 74.7 Å². The standard InChI is InChI=1S/C38H32N2O4S2/c1-2-3-4-5-10-25-21-28(22-26(23-39)38(41)42)45-36(25)37-34-33(43-19-20-44-34)35(46-37)24-15-17-27(18-16-24)40-31-13-8-6-11-29(31)30-12-7-9-14-32(30)40/h6-9,11-18,21-22H,2-5,10,19-20H2,1H3,(H,41,42)/b26-22+. The summed E-state index contributed by atoms with van der Waals surface area (Å²) in [7, 11) is 0. The Kier molecular flexibility index (Phi) is 8.35. The molecule has 0 aliphatic carbocycles. The molecular formula is C38H32N2O4S2. The van der Waals surface area contributed by atoms with Crippen molar-refractivity contribution < 1.29 is 19.4 Å². The molecule has 3 aromatic heterocycles. The molecule has 0 saturated heterocycles. The van der Waals surface area contributed by atoms with Crippen LogP contribution in [0, 0.1) is 11.3 Å². The molecule has 230 valence electrons. The van der Waals surface area contributed by atoms with E-state index in [2.05, 4.69) is 84.3 Å². The lowest BCUT2D eigenvalue weighted by molar-refractivity contribution is -0.132. The summed E-state index contributed by atoms with van der Waals surface area (Å²) in [6, 6.07) is 29.4. The second-order valence-corrected chi connectivity index (χ2v) is 13.4. The number of para-hydroxylation sites is 2. The van der Waals surface area contributed by atoms with E-state index in [1.807, 2.05) is 12.1 Å². The van der Waals surface area contributed by atoms with E-state index in [0.29, 0.717) is 13.2 Å². The summed E-state index contributed by atoms with van der Waals surface area (Å²) in [5.41, 5.74) is 5.32. The number of nitrogens with zero attached hydrogens (tertiary/aromatic N) is 2. The fourth-order valence-electron chi connectivity index (χ4n) is 6.18. The predicted molar refractivity (Wildman–Crippen MR) is 187 cm³/mol. The van der Waals surface area contributed by atoms with E-state index in [-0.39, 0.29) is 5.57 Å². The maximum Gasteiger partial charge on any atom is 0.346 e. The van der Waals surface area contributed by atoms with E-state index in [9.17, 15) is 15.2 Å².